The number of anilines is 1. The molecule has 7 heteroatoms. The van der Waals surface area contributed by atoms with E-state index in [2.05, 4.69) is 37.9 Å². The molecule has 4 rings (SSSR count). The van der Waals surface area contributed by atoms with Gasteiger partial charge in [-0.05, 0) is 56.5 Å². The number of nitrogens with zero attached hydrogens (tertiary/aromatic N) is 3. The van der Waals surface area contributed by atoms with Crippen molar-refractivity contribution in [2.45, 2.75) is 33.2 Å². The first kappa shape index (κ1) is 23.9. The van der Waals surface area contributed by atoms with E-state index in [9.17, 15) is 0 Å². The fourth-order valence-corrected chi connectivity index (χ4v) is 3.41. The Balaban J connectivity index is 0.00000160. The lowest BCUT2D eigenvalue weighted by molar-refractivity contribution is 0.624. The molecule has 0 spiro atoms. The van der Waals surface area contributed by atoms with Crippen LogP contribution < -0.4 is 10.6 Å². The molecule has 2 aromatic carbocycles. The first-order valence-electron chi connectivity index (χ1n) is 9.67. The molecule has 2 N–H and O–H groups in total. The summed E-state index contributed by atoms with van der Waals surface area (Å²) in [6, 6.07) is 14.4. The molecule has 0 amide bonds. The van der Waals surface area contributed by atoms with E-state index in [0.29, 0.717) is 11.6 Å². The van der Waals surface area contributed by atoms with Crippen LogP contribution in [0.3, 0.4) is 0 Å². The molecule has 5 nitrogen and oxygen atoms in total. The molecule has 0 radical (unpaired) electrons. The summed E-state index contributed by atoms with van der Waals surface area (Å²) in [4.78, 5) is 11.9. The van der Waals surface area contributed by atoms with Gasteiger partial charge in [-0.3, -0.25) is 0 Å². The van der Waals surface area contributed by atoms with E-state index in [1.807, 2.05) is 37.3 Å². The fourth-order valence-electron chi connectivity index (χ4n) is 3.41. The van der Waals surface area contributed by atoms with Crippen LogP contribution in [0.2, 0.25) is 0 Å². The van der Waals surface area contributed by atoms with E-state index in [1.165, 1.54) is 11.1 Å². The highest BCUT2D eigenvalue weighted by Crippen LogP contribution is 2.32. The van der Waals surface area contributed by atoms with Gasteiger partial charge in [-0.1, -0.05) is 24.3 Å². The van der Waals surface area contributed by atoms with Gasteiger partial charge in [-0.2, -0.15) is 0 Å². The van der Waals surface area contributed by atoms with Gasteiger partial charge in [-0.25, -0.2) is 9.97 Å². The Morgan fingerprint density at radius 2 is 1.80 bits per heavy atom. The van der Waals surface area contributed by atoms with Gasteiger partial charge < -0.3 is 15.1 Å². The summed E-state index contributed by atoms with van der Waals surface area (Å²) in [6.45, 7) is 7.07. The van der Waals surface area contributed by atoms with Crippen LogP contribution in [-0.2, 0) is 0 Å². The molecule has 30 heavy (non-hydrogen) atoms. The van der Waals surface area contributed by atoms with Gasteiger partial charge >= 0.3 is 0 Å². The summed E-state index contributed by atoms with van der Waals surface area (Å²) < 4.78 is 6.04. The monoisotopic (exact) mass is 446 g/mol. The van der Waals surface area contributed by atoms with Crippen LogP contribution in [0.25, 0.3) is 33.5 Å². The highest BCUT2D eigenvalue weighted by molar-refractivity contribution is 5.94. The zero-order valence-electron chi connectivity index (χ0n) is 17.7. The maximum atomic E-state index is 6.04. The molecule has 0 fully saturated rings. The van der Waals surface area contributed by atoms with Crippen LogP contribution >= 0.6 is 24.8 Å². The molecule has 0 aliphatic heterocycles. The van der Waals surface area contributed by atoms with E-state index < -0.39 is 0 Å². The summed E-state index contributed by atoms with van der Waals surface area (Å²) in [7, 11) is 2.06. The predicted octanol–water partition coefficient (Wildman–Crippen LogP) is 5.68. The van der Waals surface area contributed by atoms with Gasteiger partial charge in [0.15, 0.2) is 11.6 Å². The molecule has 0 saturated carbocycles. The molecular weight excluding hydrogens is 419 g/mol. The maximum Gasteiger partial charge on any atom is 0.198 e. The normalized spacial score (nSPS) is 11.8. The molecule has 0 bridgehead atoms. The van der Waals surface area contributed by atoms with Crippen molar-refractivity contribution >= 4 is 52.5 Å². The first-order chi connectivity index (χ1) is 13.4. The molecule has 0 saturated heterocycles. The second kappa shape index (κ2) is 9.65. The van der Waals surface area contributed by atoms with Crippen LogP contribution in [0, 0.1) is 13.8 Å². The van der Waals surface area contributed by atoms with Crippen molar-refractivity contribution in [2.75, 3.05) is 18.5 Å². The quantitative estimate of drug-likeness (QED) is 0.427. The summed E-state index contributed by atoms with van der Waals surface area (Å²) in [5.41, 5.74) is 10.2. The van der Waals surface area contributed by atoms with E-state index in [4.69, 9.17) is 20.1 Å². The Bertz CT molecular complexity index is 1120. The minimum atomic E-state index is 0. The Hall–Kier alpha value is -2.34. The highest BCUT2D eigenvalue weighted by atomic mass is 35.5. The molecule has 1 atom stereocenters. The van der Waals surface area contributed by atoms with Crippen molar-refractivity contribution < 1.29 is 4.42 Å². The maximum absolute atomic E-state index is 6.04. The largest absolute Gasteiger partial charge is 0.453 e. The number of fused-ring (bicyclic) bond motifs is 2. The van der Waals surface area contributed by atoms with Crippen LogP contribution in [0.5, 0.6) is 0 Å². The lowest BCUT2D eigenvalue weighted by atomic mass is 10.1. The third-order valence-corrected chi connectivity index (χ3v) is 5.30. The molecule has 4 aromatic rings. The standard InChI is InChI=1S/C23H26N4O.2ClH/c1-14-9-10-18-21(16(14)3)25-22(26-23(18)27(4)12-11-15(2)24)20-13-17-7-5-6-8-19(17)28-20;;/h5-10,13,15H,11-12,24H2,1-4H3;2*1H. The Labute approximate surface area is 189 Å². The Morgan fingerprint density at radius 1 is 1.07 bits per heavy atom. The van der Waals surface area contributed by atoms with Gasteiger partial charge in [0, 0.05) is 30.4 Å². The second-order valence-electron chi connectivity index (χ2n) is 7.61. The van der Waals surface area contributed by atoms with Crippen molar-refractivity contribution in [1.29, 1.82) is 0 Å². The second-order valence-corrected chi connectivity index (χ2v) is 7.61. The highest BCUT2D eigenvalue weighted by Gasteiger charge is 2.17. The topological polar surface area (TPSA) is 68.2 Å². The number of hydrogen-bond donors (Lipinski definition) is 1. The van der Waals surface area contributed by atoms with E-state index in [0.717, 1.165) is 40.7 Å². The molecule has 160 valence electrons. The predicted molar refractivity (Wildman–Crippen MR) is 130 cm³/mol. The third kappa shape index (κ3) is 4.53. The third-order valence-electron chi connectivity index (χ3n) is 5.30. The van der Waals surface area contributed by atoms with E-state index in [-0.39, 0.29) is 30.9 Å². The average molecular weight is 447 g/mol. The van der Waals surface area contributed by atoms with Gasteiger partial charge in [-0.15, -0.1) is 24.8 Å². The van der Waals surface area contributed by atoms with E-state index in [1.54, 1.807) is 0 Å². The lowest BCUT2D eigenvalue weighted by Crippen LogP contribution is -2.26. The number of aromatic nitrogens is 2. The molecule has 0 aliphatic carbocycles. The summed E-state index contributed by atoms with van der Waals surface area (Å²) in [5, 5.41) is 2.10. The zero-order chi connectivity index (χ0) is 19.8. The number of furan rings is 1. The van der Waals surface area contributed by atoms with Crippen molar-refractivity contribution in [3.05, 3.63) is 53.6 Å². The number of hydrogen-bond acceptors (Lipinski definition) is 5. The van der Waals surface area contributed by atoms with Crippen LogP contribution in [0.15, 0.2) is 46.9 Å². The molecule has 2 heterocycles. The van der Waals surface area contributed by atoms with Gasteiger partial charge in [0.2, 0.25) is 0 Å². The average Bonchev–Trinajstić information content (AvgIpc) is 3.12. The molecule has 1 unspecified atom stereocenters. The van der Waals surface area contributed by atoms with Crippen molar-refractivity contribution in [1.82, 2.24) is 9.97 Å². The Kier molecular flexibility index (Phi) is 7.70. The number of halogens is 2. The Morgan fingerprint density at radius 3 is 2.50 bits per heavy atom. The number of nitrogens with two attached hydrogens (primary N) is 1. The summed E-state index contributed by atoms with van der Waals surface area (Å²) in [5.74, 6) is 2.20. The summed E-state index contributed by atoms with van der Waals surface area (Å²) >= 11 is 0. The number of para-hydroxylation sites is 1. The van der Waals surface area contributed by atoms with Crippen LogP contribution in [-0.4, -0.2) is 29.6 Å². The lowest BCUT2D eigenvalue weighted by Gasteiger charge is -2.22. The van der Waals surface area contributed by atoms with Gasteiger partial charge in [0.1, 0.15) is 11.4 Å². The van der Waals surface area contributed by atoms with Crippen molar-refractivity contribution in [2.24, 2.45) is 5.73 Å². The van der Waals surface area contributed by atoms with Crippen molar-refractivity contribution in [3.8, 4) is 11.6 Å². The first-order valence-corrected chi connectivity index (χ1v) is 9.67. The SMILES string of the molecule is Cc1ccc2c(N(C)CCC(C)N)nc(-c3cc4ccccc4o3)nc2c1C.Cl.Cl. The molecular formula is C23H28Cl2N4O. The van der Waals surface area contributed by atoms with E-state index >= 15 is 0 Å². The minimum Gasteiger partial charge on any atom is -0.453 e. The smallest absolute Gasteiger partial charge is 0.198 e. The zero-order valence-corrected chi connectivity index (χ0v) is 19.3. The molecule has 0 aliphatic rings. The van der Waals surface area contributed by atoms with Crippen molar-refractivity contribution in [3.63, 3.8) is 0 Å². The van der Waals surface area contributed by atoms with Crippen LogP contribution in [0.1, 0.15) is 24.5 Å². The summed E-state index contributed by atoms with van der Waals surface area (Å²) in [6.07, 6.45) is 0.896. The number of benzene rings is 2. The van der Waals surface area contributed by atoms with Gasteiger partial charge in [0.05, 0.1) is 5.52 Å². The van der Waals surface area contributed by atoms with Crippen LogP contribution in [0.4, 0.5) is 5.82 Å². The van der Waals surface area contributed by atoms with Gasteiger partial charge in [0.25, 0.3) is 0 Å². The molecule has 2 aromatic heterocycles. The minimum absolute atomic E-state index is 0. The fraction of sp³-hybridized carbons (Fsp3) is 0.304. The number of rotatable bonds is 5. The number of aryl methyl sites for hydroxylation is 2.